The van der Waals surface area contributed by atoms with Gasteiger partial charge in [-0.05, 0) is 66.0 Å². The van der Waals surface area contributed by atoms with Crippen LogP contribution in [0.25, 0.3) is 10.9 Å². The van der Waals surface area contributed by atoms with Crippen LogP contribution in [0.3, 0.4) is 0 Å². The maximum absolute atomic E-state index is 6.21. The molecule has 0 unspecified atom stereocenters. The zero-order valence-electron chi connectivity index (χ0n) is 11.1. The van der Waals surface area contributed by atoms with Crippen molar-refractivity contribution in [1.29, 1.82) is 0 Å². The number of ether oxygens (including phenoxy) is 1. The Morgan fingerprint density at radius 3 is 3.21 bits per heavy atom. The summed E-state index contributed by atoms with van der Waals surface area (Å²) in [5, 5.41) is 4.62. The Kier molecular flexibility index (Phi) is 3.80. The summed E-state index contributed by atoms with van der Waals surface area (Å²) >= 11 is 3.63. The third kappa shape index (κ3) is 2.51. The smallest absolute Gasteiger partial charge is 0.129 e. The summed E-state index contributed by atoms with van der Waals surface area (Å²) in [4.78, 5) is 3.38. The van der Waals surface area contributed by atoms with Crippen LogP contribution in [0.4, 0.5) is 0 Å². The number of benzene rings is 1. The fraction of sp³-hybridized carbons (Fsp3) is 0.467. The second-order valence-electron chi connectivity index (χ2n) is 5.02. The first kappa shape index (κ1) is 13.0. The number of nitrogens with one attached hydrogen (secondary N) is 2. The average Bonchev–Trinajstić information content (AvgIpc) is 2.61. The van der Waals surface area contributed by atoms with Gasteiger partial charge < -0.3 is 15.0 Å². The van der Waals surface area contributed by atoms with Gasteiger partial charge in [0.25, 0.3) is 0 Å². The van der Waals surface area contributed by atoms with E-state index in [0.717, 1.165) is 48.2 Å². The third-order valence-corrected chi connectivity index (χ3v) is 4.42. The summed E-state index contributed by atoms with van der Waals surface area (Å²) in [7, 11) is 0. The molecule has 0 saturated carbocycles. The molecule has 0 radical (unpaired) electrons. The standard InChI is InChI=1S/C15H19BrN2O/c1-2-17-9-8-10-6-7-11-14-12(18-15(11)16)4-3-5-13(14)19-10/h3-5,10,17-18H,2,6-9H2,1H3/t10-/m1/s1. The Morgan fingerprint density at radius 1 is 1.47 bits per heavy atom. The number of H-pyrrole nitrogens is 1. The molecule has 0 saturated heterocycles. The molecular formula is C15H19BrN2O. The van der Waals surface area contributed by atoms with Crippen LogP contribution < -0.4 is 10.1 Å². The van der Waals surface area contributed by atoms with Crippen molar-refractivity contribution in [2.45, 2.75) is 32.3 Å². The molecule has 2 N–H and O–H groups in total. The van der Waals surface area contributed by atoms with Crippen molar-refractivity contribution in [2.24, 2.45) is 0 Å². The van der Waals surface area contributed by atoms with E-state index < -0.39 is 0 Å². The van der Waals surface area contributed by atoms with Crippen molar-refractivity contribution in [3.8, 4) is 5.75 Å². The Hall–Kier alpha value is -1.00. The van der Waals surface area contributed by atoms with Gasteiger partial charge >= 0.3 is 0 Å². The molecular weight excluding hydrogens is 304 g/mol. The van der Waals surface area contributed by atoms with Crippen LogP contribution in [-0.4, -0.2) is 24.2 Å². The average molecular weight is 323 g/mol. The molecule has 0 aliphatic carbocycles. The van der Waals surface area contributed by atoms with Crippen LogP contribution >= 0.6 is 15.9 Å². The number of hydrogen-bond donors (Lipinski definition) is 2. The molecule has 1 aliphatic heterocycles. The molecule has 102 valence electrons. The summed E-state index contributed by atoms with van der Waals surface area (Å²) in [6, 6.07) is 6.24. The Bertz CT molecular complexity index is 579. The summed E-state index contributed by atoms with van der Waals surface area (Å²) in [5.74, 6) is 1.02. The molecule has 0 amide bonds. The highest BCUT2D eigenvalue weighted by molar-refractivity contribution is 9.10. The number of aromatic amines is 1. The van der Waals surface area contributed by atoms with Crippen molar-refractivity contribution in [1.82, 2.24) is 10.3 Å². The van der Waals surface area contributed by atoms with E-state index in [9.17, 15) is 0 Å². The van der Waals surface area contributed by atoms with Gasteiger partial charge in [0.15, 0.2) is 0 Å². The molecule has 19 heavy (non-hydrogen) atoms. The van der Waals surface area contributed by atoms with Crippen molar-refractivity contribution < 1.29 is 4.74 Å². The lowest BCUT2D eigenvalue weighted by atomic mass is 10.1. The second kappa shape index (κ2) is 5.55. The molecule has 0 fully saturated rings. The highest BCUT2D eigenvalue weighted by atomic mass is 79.9. The van der Waals surface area contributed by atoms with E-state index in [2.05, 4.69) is 51.4 Å². The second-order valence-corrected chi connectivity index (χ2v) is 5.81. The zero-order valence-corrected chi connectivity index (χ0v) is 12.7. The molecule has 4 heteroatoms. The quantitative estimate of drug-likeness (QED) is 0.843. The van der Waals surface area contributed by atoms with Gasteiger partial charge in [-0.3, -0.25) is 0 Å². The van der Waals surface area contributed by atoms with Crippen molar-refractivity contribution in [2.75, 3.05) is 13.1 Å². The van der Waals surface area contributed by atoms with Crippen molar-refractivity contribution in [3.63, 3.8) is 0 Å². The van der Waals surface area contributed by atoms with Gasteiger partial charge in [-0.15, -0.1) is 0 Å². The van der Waals surface area contributed by atoms with Crippen LogP contribution in [0.1, 0.15) is 25.3 Å². The highest BCUT2D eigenvalue weighted by Crippen LogP contribution is 2.37. The minimum absolute atomic E-state index is 0.309. The number of hydrogen-bond acceptors (Lipinski definition) is 2. The summed E-state index contributed by atoms with van der Waals surface area (Å²) in [6.45, 7) is 4.18. The summed E-state index contributed by atoms with van der Waals surface area (Å²) in [6.07, 6.45) is 3.51. The zero-order chi connectivity index (χ0) is 13.2. The molecule has 1 aromatic heterocycles. The van der Waals surface area contributed by atoms with Gasteiger partial charge in [0.05, 0.1) is 10.1 Å². The molecule has 0 spiro atoms. The van der Waals surface area contributed by atoms with E-state index in [0.29, 0.717) is 6.10 Å². The normalized spacial score (nSPS) is 18.3. The molecule has 2 heterocycles. The minimum Gasteiger partial charge on any atom is -0.490 e. The van der Waals surface area contributed by atoms with E-state index in [1.807, 2.05) is 0 Å². The number of rotatable bonds is 4. The van der Waals surface area contributed by atoms with Crippen LogP contribution in [-0.2, 0) is 6.42 Å². The van der Waals surface area contributed by atoms with Gasteiger partial charge in [0, 0.05) is 5.39 Å². The van der Waals surface area contributed by atoms with Crippen LogP contribution in [0.5, 0.6) is 5.75 Å². The SMILES string of the molecule is CCNCC[C@H]1CCc2c(Br)[nH]c3cccc(c23)O1. The van der Waals surface area contributed by atoms with Gasteiger partial charge in [0.2, 0.25) is 0 Å². The van der Waals surface area contributed by atoms with E-state index in [1.54, 1.807) is 0 Å². The maximum atomic E-state index is 6.21. The molecule has 1 aliphatic rings. The Labute approximate surface area is 121 Å². The van der Waals surface area contributed by atoms with E-state index in [1.165, 1.54) is 10.9 Å². The molecule has 1 atom stereocenters. The maximum Gasteiger partial charge on any atom is 0.129 e. The van der Waals surface area contributed by atoms with Crippen molar-refractivity contribution in [3.05, 3.63) is 28.4 Å². The van der Waals surface area contributed by atoms with Gasteiger partial charge in [-0.1, -0.05) is 13.0 Å². The summed E-state index contributed by atoms with van der Waals surface area (Å²) < 4.78 is 7.31. The first-order chi connectivity index (χ1) is 9.29. The van der Waals surface area contributed by atoms with E-state index >= 15 is 0 Å². The Morgan fingerprint density at radius 2 is 2.37 bits per heavy atom. The number of aromatic nitrogens is 1. The summed E-state index contributed by atoms with van der Waals surface area (Å²) in [5.41, 5.74) is 2.52. The van der Waals surface area contributed by atoms with E-state index in [4.69, 9.17) is 4.74 Å². The predicted octanol–water partition coefficient (Wildman–Crippen LogP) is 3.62. The van der Waals surface area contributed by atoms with E-state index in [-0.39, 0.29) is 0 Å². The monoisotopic (exact) mass is 322 g/mol. The fourth-order valence-electron chi connectivity index (χ4n) is 2.77. The first-order valence-electron chi connectivity index (χ1n) is 6.96. The highest BCUT2D eigenvalue weighted by Gasteiger charge is 2.22. The van der Waals surface area contributed by atoms with Crippen molar-refractivity contribution >= 4 is 26.8 Å². The molecule has 0 bridgehead atoms. The lowest BCUT2D eigenvalue weighted by Gasteiger charge is -2.17. The van der Waals surface area contributed by atoms with Gasteiger partial charge in [-0.2, -0.15) is 0 Å². The first-order valence-corrected chi connectivity index (χ1v) is 7.75. The predicted molar refractivity (Wildman–Crippen MR) is 81.9 cm³/mol. The van der Waals surface area contributed by atoms with Crippen LogP contribution in [0.15, 0.2) is 22.8 Å². The molecule has 3 nitrogen and oxygen atoms in total. The molecule has 2 aromatic rings. The van der Waals surface area contributed by atoms with Gasteiger partial charge in [-0.25, -0.2) is 0 Å². The molecule has 3 rings (SSSR count). The van der Waals surface area contributed by atoms with Crippen LogP contribution in [0.2, 0.25) is 0 Å². The minimum atomic E-state index is 0.309. The lowest BCUT2D eigenvalue weighted by Crippen LogP contribution is -2.24. The number of halogens is 1. The number of aryl methyl sites for hydroxylation is 1. The molecule has 1 aromatic carbocycles. The lowest BCUT2D eigenvalue weighted by molar-refractivity contribution is 0.186. The largest absolute Gasteiger partial charge is 0.490 e. The van der Waals surface area contributed by atoms with Crippen LogP contribution in [0, 0.1) is 0 Å². The third-order valence-electron chi connectivity index (χ3n) is 3.74. The Balaban J connectivity index is 1.87. The fourth-order valence-corrected chi connectivity index (χ4v) is 3.38. The topological polar surface area (TPSA) is 37.0 Å². The van der Waals surface area contributed by atoms with Gasteiger partial charge in [0.1, 0.15) is 11.9 Å².